The molecule has 16 heavy (non-hydrogen) atoms. The standard InChI is InChI=1S/C13H21NO2/c1-3-15-10-11-16-9-8-14-13-7-5-4-6-12(13)2/h4-7,14H,3,8-11H2,1-2H3. The van der Waals surface area contributed by atoms with Gasteiger partial charge in [-0.2, -0.15) is 0 Å². The molecule has 0 aliphatic rings. The zero-order valence-electron chi connectivity index (χ0n) is 10.2. The van der Waals surface area contributed by atoms with E-state index in [4.69, 9.17) is 9.47 Å². The first-order chi connectivity index (χ1) is 7.84. The topological polar surface area (TPSA) is 30.5 Å². The van der Waals surface area contributed by atoms with E-state index < -0.39 is 0 Å². The molecule has 1 N–H and O–H groups in total. The number of hydrogen-bond acceptors (Lipinski definition) is 3. The molecule has 0 heterocycles. The minimum Gasteiger partial charge on any atom is -0.383 e. The molecule has 3 heteroatoms. The fourth-order valence-corrected chi connectivity index (χ4v) is 1.39. The van der Waals surface area contributed by atoms with Crippen molar-refractivity contribution in [2.24, 2.45) is 0 Å². The van der Waals surface area contributed by atoms with Crippen molar-refractivity contribution in [2.75, 3.05) is 38.3 Å². The van der Waals surface area contributed by atoms with Gasteiger partial charge < -0.3 is 14.8 Å². The van der Waals surface area contributed by atoms with Crippen molar-refractivity contribution in [2.45, 2.75) is 13.8 Å². The van der Waals surface area contributed by atoms with Gasteiger partial charge in [0.05, 0.1) is 19.8 Å². The number of aryl methyl sites for hydroxylation is 1. The minimum absolute atomic E-state index is 0.670. The molecule has 0 bridgehead atoms. The van der Waals surface area contributed by atoms with E-state index in [0.29, 0.717) is 19.8 Å². The van der Waals surface area contributed by atoms with Crippen molar-refractivity contribution < 1.29 is 9.47 Å². The van der Waals surface area contributed by atoms with Gasteiger partial charge in [-0.15, -0.1) is 0 Å². The van der Waals surface area contributed by atoms with Crippen molar-refractivity contribution in [1.82, 2.24) is 0 Å². The van der Waals surface area contributed by atoms with Crippen LogP contribution in [0.3, 0.4) is 0 Å². The molecule has 1 rings (SSSR count). The van der Waals surface area contributed by atoms with Gasteiger partial charge >= 0.3 is 0 Å². The largest absolute Gasteiger partial charge is 0.383 e. The maximum atomic E-state index is 5.41. The summed E-state index contributed by atoms with van der Waals surface area (Å²) in [6.07, 6.45) is 0. The van der Waals surface area contributed by atoms with Crippen molar-refractivity contribution >= 4 is 5.69 Å². The van der Waals surface area contributed by atoms with Crippen LogP contribution in [0.15, 0.2) is 24.3 Å². The Labute approximate surface area is 97.8 Å². The van der Waals surface area contributed by atoms with E-state index in [2.05, 4.69) is 24.4 Å². The Morgan fingerprint density at radius 3 is 2.56 bits per heavy atom. The predicted molar refractivity (Wildman–Crippen MR) is 67.0 cm³/mol. The third-order valence-electron chi connectivity index (χ3n) is 2.28. The molecule has 90 valence electrons. The highest BCUT2D eigenvalue weighted by molar-refractivity contribution is 5.50. The number of ether oxygens (including phenoxy) is 2. The number of nitrogens with one attached hydrogen (secondary N) is 1. The van der Waals surface area contributed by atoms with Gasteiger partial charge in [0, 0.05) is 18.8 Å². The SMILES string of the molecule is CCOCCOCCNc1ccccc1C. The maximum Gasteiger partial charge on any atom is 0.0701 e. The first kappa shape index (κ1) is 13.0. The second kappa shape index (κ2) is 8.13. The molecule has 0 unspecified atom stereocenters. The van der Waals surface area contributed by atoms with Gasteiger partial charge in [-0.3, -0.25) is 0 Å². The predicted octanol–water partition coefficient (Wildman–Crippen LogP) is 2.46. The average Bonchev–Trinajstić information content (AvgIpc) is 2.30. The monoisotopic (exact) mass is 223 g/mol. The molecule has 0 aliphatic carbocycles. The van der Waals surface area contributed by atoms with Crippen molar-refractivity contribution in [3.63, 3.8) is 0 Å². The van der Waals surface area contributed by atoms with Gasteiger partial charge in [-0.05, 0) is 25.5 Å². The lowest BCUT2D eigenvalue weighted by molar-refractivity contribution is 0.0570. The van der Waals surface area contributed by atoms with Crippen LogP contribution in [0.4, 0.5) is 5.69 Å². The lowest BCUT2D eigenvalue weighted by atomic mass is 10.2. The molecule has 0 saturated carbocycles. The Morgan fingerprint density at radius 1 is 1.06 bits per heavy atom. The first-order valence-electron chi connectivity index (χ1n) is 5.79. The molecule has 1 aromatic carbocycles. The minimum atomic E-state index is 0.670. The second-order valence-electron chi connectivity index (χ2n) is 3.55. The summed E-state index contributed by atoms with van der Waals surface area (Å²) >= 11 is 0. The highest BCUT2D eigenvalue weighted by Gasteiger charge is 1.94. The summed E-state index contributed by atoms with van der Waals surface area (Å²) in [7, 11) is 0. The van der Waals surface area contributed by atoms with Crippen LogP contribution in [-0.2, 0) is 9.47 Å². The summed E-state index contributed by atoms with van der Waals surface area (Å²) in [6, 6.07) is 8.25. The first-order valence-corrected chi connectivity index (χ1v) is 5.79. The van der Waals surface area contributed by atoms with Gasteiger partial charge in [-0.25, -0.2) is 0 Å². The van der Waals surface area contributed by atoms with Crippen molar-refractivity contribution in [3.8, 4) is 0 Å². The Kier molecular flexibility index (Phi) is 6.61. The number of anilines is 1. The molecule has 1 aromatic rings. The summed E-state index contributed by atoms with van der Waals surface area (Å²) in [5.74, 6) is 0. The molecule has 0 spiro atoms. The van der Waals surface area contributed by atoms with E-state index in [1.165, 1.54) is 11.3 Å². The quantitative estimate of drug-likeness (QED) is 0.687. The van der Waals surface area contributed by atoms with E-state index >= 15 is 0 Å². The summed E-state index contributed by atoms with van der Waals surface area (Å²) in [4.78, 5) is 0. The second-order valence-corrected chi connectivity index (χ2v) is 3.55. The van der Waals surface area contributed by atoms with E-state index in [1.54, 1.807) is 0 Å². The molecule has 0 amide bonds. The maximum absolute atomic E-state index is 5.41. The van der Waals surface area contributed by atoms with Crippen LogP contribution in [0.25, 0.3) is 0 Å². The smallest absolute Gasteiger partial charge is 0.0701 e. The van der Waals surface area contributed by atoms with Crippen LogP contribution < -0.4 is 5.32 Å². The van der Waals surface area contributed by atoms with Crippen LogP contribution >= 0.6 is 0 Å². The number of rotatable bonds is 8. The van der Waals surface area contributed by atoms with Crippen molar-refractivity contribution in [1.29, 1.82) is 0 Å². The zero-order valence-corrected chi connectivity index (χ0v) is 10.2. The third kappa shape index (κ3) is 5.14. The average molecular weight is 223 g/mol. The van der Waals surface area contributed by atoms with Gasteiger partial charge in [0.2, 0.25) is 0 Å². The molecule has 0 aromatic heterocycles. The molecule has 0 fully saturated rings. The van der Waals surface area contributed by atoms with E-state index in [-0.39, 0.29) is 0 Å². The highest BCUT2D eigenvalue weighted by Crippen LogP contribution is 2.12. The molecule has 3 nitrogen and oxygen atoms in total. The van der Waals surface area contributed by atoms with Gasteiger partial charge in [-0.1, -0.05) is 18.2 Å². The lowest BCUT2D eigenvalue weighted by Gasteiger charge is -2.09. The molecule has 0 atom stereocenters. The van der Waals surface area contributed by atoms with Crippen LogP contribution in [0.5, 0.6) is 0 Å². The summed E-state index contributed by atoms with van der Waals surface area (Å²) in [5.41, 5.74) is 2.44. The number of para-hydroxylation sites is 1. The third-order valence-corrected chi connectivity index (χ3v) is 2.28. The fraction of sp³-hybridized carbons (Fsp3) is 0.538. The van der Waals surface area contributed by atoms with E-state index in [1.807, 2.05) is 19.1 Å². The molecule has 0 radical (unpaired) electrons. The van der Waals surface area contributed by atoms with Gasteiger partial charge in [0.1, 0.15) is 0 Å². The van der Waals surface area contributed by atoms with E-state index in [0.717, 1.165) is 13.2 Å². The summed E-state index contributed by atoms with van der Waals surface area (Å²) in [5, 5.41) is 3.34. The van der Waals surface area contributed by atoms with Gasteiger partial charge in [0.25, 0.3) is 0 Å². The van der Waals surface area contributed by atoms with E-state index in [9.17, 15) is 0 Å². The fourth-order valence-electron chi connectivity index (χ4n) is 1.39. The molecule has 0 saturated heterocycles. The molecule has 0 aliphatic heterocycles. The van der Waals surface area contributed by atoms with Crippen LogP contribution in [-0.4, -0.2) is 33.0 Å². The molecular weight excluding hydrogens is 202 g/mol. The lowest BCUT2D eigenvalue weighted by Crippen LogP contribution is -2.12. The number of benzene rings is 1. The van der Waals surface area contributed by atoms with Crippen LogP contribution in [0.1, 0.15) is 12.5 Å². The molecular formula is C13H21NO2. The Balaban J connectivity index is 2.05. The van der Waals surface area contributed by atoms with Crippen LogP contribution in [0, 0.1) is 6.92 Å². The normalized spacial score (nSPS) is 10.4. The Morgan fingerprint density at radius 2 is 1.81 bits per heavy atom. The van der Waals surface area contributed by atoms with Crippen molar-refractivity contribution in [3.05, 3.63) is 29.8 Å². The highest BCUT2D eigenvalue weighted by atomic mass is 16.5. The number of hydrogen-bond donors (Lipinski definition) is 1. The van der Waals surface area contributed by atoms with Crippen LogP contribution in [0.2, 0.25) is 0 Å². The summed E-state index contributed by atoms with van der Waals surface area (Å²) in [6.45, 7) is 7.73. The Hall–Kier alpha value is -1.06. The Bertz CT molecular complexity index is 289. The zero-order chi connectivity index (χ0) is 11.6. The summed E-state index contributed by atoms with van der Waals surface area (Å²) < 4.78 is 10.6. The van der Waals surface area contributed by atoms with Gasteiger partial charge in [0.15, 0.2) is 0 Å².